The minimum atomic E-state index is 0.201. The topological polar surface area (TPSA) is 37.7 Å². The number of rotatable bonds is 5. The number of aryl methyl sites for hydroxylation is 2. The first-order chi connectivity index (χ1) is 11.7. The lowest BCUT2D eigenvalue weighted by Crippen LogP contribution is -2.25. The zero-order valence-corrected chi connectivity index (χ0v) is 14.7. The van der Waals surface area contributed by atoms with E-state index in [4.69, 9.17) is 4.74 Å². The lowest BCUT2D eigenvalue weighted by atomic mass is 9.90. The Kier molecular flexibility index (Phi) is 5.14. The van der Waals surface area contributed by atoms with Gasteiger partial charge in [-0.2, -0.15) is 0 Å². The highest BCUT2D eigenvalue weighted by atomic mass is 16.5. The molecule has 4 heteroatoms. The largest absolute Gasteiger partial charge is 0.474 e. The van der Waals surface area contributed by atoms with Gasteiger partial charge in [-0.05, 0) is 43.9 Å². The molecule has 0 bridgehead atoms. The van der Waals surface area contributed by atoms with Crippen molar-refractivity contribution in [3.8, 4) is 5.88 Å². The summed E-state index contributed by atoms with van der Waals surface area (Å²) in [6.07, 6.45) is 5.11. The summed E-state index contributed by atoms with van der Waals surface area (Å²) in [7, 11) is 2.00. The second-order valence-corrected chi connectivity index (χ2v) is 6.32. The third-order valence-electron chi connectivity index (χ3n) is 4.51. The summed E-state index contributed by atoms with van der Waals surface area (Å²) in [6, 6.07) is 12.5. The molecule has 0 spiro atoms. The number of aliphatic imine (C=N–C) groups is 1. The van der Waals surface area contributed by atoms with Crippen molar-refractivity contribution in [1.29, 1.82) is 0 Å². The van der Waals surface area contributed by atoms with Gasteiger partial charge < -0.3 is 9.64 Å². The highest BCUT2D eigenvalue weighted by molar-refractivity contribution is 5.62. The van der Waals surface area contributed by atoms with Gasteiger partial charge >= 0.3 is 0 Å². The van der Waals surface area contributed by atoms with Crippen molar-refractivity contribution in [2.24, 2.45) is 4.99 Å². The van der Waals surface area contributed by atoms with Gasteiger partial charge in [0.2, 0.25) is 5.88 Å². The van der Waals surface area contributed by atoms with E-state index in [0.717, 1.165) is 37.2 Å². The fourth-order valence-corrected chi connectivity index (χ4v) is 2.91. The molecule has 0 N–H and O–H groups in total. The predicted octanol–water partition coefficient (Wildman–Crippen LogP) is 3.94. The lowest BCUT2D eigenvalue weighted by molar-refractivity contribution is 0.177. The maximum atomic E-state index is 6.12. The molecule has 2 aromatic rings. The van der Waals surface area contributed by atoms with E-state index in [1.807, 2.05) is 37.3 Å². The Morgan fingerprint density at radius 2 is 2.04 bits per heavy atom. The molecule has 24 heavy (non-hydrogen) atoms. The SMILES string of the molecule is CCN(C)C=Nc1ccc(O[C@H]2CCc3ccccc3C2)nc1C. The third kappa shape index (κ3) is 3.94. The molecule has 0 amide bonds. The summed E-state index contributed by atoms with van der Waals surface area (Å²) >= 11 is 0. The standard InChI is InChI=1S/C20H25N3O/c1-4-23(3)14-21-19-11-12-20(22-15(19)2)24-18-10-9-16-7-5-6-8-17(16)13-18/h5-8,11-12,14,18H,4,9-10,13H2,1-3H3/t18-/m0/s1. The average Bonchev–Trinajstić information content (AvgIpc) is 2.60. The van der Waals surface area contributed by atoms with Crippen LogP contribution in [0.1, 0.15) is 30.2 Å². The van der Waals surface area contributed by atoms with Crippen LogP contribution in [0.25, 0.3) is 0 Å². The van der Waals surface area contributed by atoms with Crippen molar-refractivity contribution in [1.82, 2.24) is 9.88 Å². The van der Waals surface area contributed by atoms with Gasteiger partial charge in [0.1, 0.15) is 6.10 Å². The van der Waals surface area contributed by atoms with E-state index in [1.165, 1.54) is 11.1 Å². The second kappa shape index (κ2) is 7.47. The van der Waals surface area contributed by atoms with Gasteiger partial charge in [0.25, 0.3) is 0 Å². The van der Waals surface area contributed by atoms with E-state index >= 15 is 0 Å². The Balaban J connectivity index is 1.66. The van der Waals surface area contributed by atoms with Crippen LogP contribution < -0.4 is 4.74 Å². The smallest absolute Gasteiger partial charge is 0.213 e. The van der Waals surface area contributed by atoms with E-state index in [2.05, 4.69) is 41.2 Å². The third-order valence-corrected chi connectivity index (χ3v) is 4.51. The number of hydrogen-bond donors (Lipinski definition) is 0. The van der Waals surface area contributed by atoms with Crippen molar-refractivity contribution in [2.75, 3.05) is 13.6 Å². The lowest BCUT2D eigenvalue weighted by Gasteiger charge is -2.25. The highest BCUT2D eigenvalue weighted by Crippen LogP contribution is 2.26. The molecular formula is C20H25N3O. The molecule has 1 aromatic carbocycles. The van der Waals surface area contributed by atoms with Crippen molar-refractivity contribution in [3.05, 3.63) is 53.2 Å². The Hall–Kier alpha value is -2.36. The first-order valence-corrected chi connectivity index (χ1v) is 8.61. The minimum absolute atomic E-state index is 0.201. The van der Waals surface area contributed by atoms with Gasteiger partial charge in [-0.3, -0.25) is 0 Å². The average molecular weight is 323 g/mol. The molecule has 0 unspecified atom stereocenters. The zero-order valence-electron chi connectivity index (χ0n) is 14.7. The maximum absolute atomic E-state index is 6.12. The van der Waals surface area contributed by atoms with Gasteiger partial charge in [-0.25, -0.2) is 9.98 Å². The molecule has 0 saturated carbocycles. The van der Waals surface area contributed by atoms with Gasteiger partial charge in [-0.15, -0.1) is 0 Å². The summed E-state index contributed by atoms with van der Waals surface area (Å²) < 4.78 is 6.12. The van der Waals surface area contributed by atoms with E-state index < -0.39 is 0 Å². The summed E-state index contributed by atoms with van der Waals surface area (Å²) in [5, 5.41) is 0. The number of aromatic nitrogens is 1. The van der Waals surface area contributed by atoms with E-state index in [1.54, 1.807) is 0 Å². The molecule has 1 heterocycles. The van der Waals surface area contributed by atoms with Crippen molar-refractivity contribution < 1.29 is 4.74 Å². The molecule has 126 valence electrons. The summed E-state index contributed by atoms with van der Waals surface area (Å²) in [5.41, 5.74) is 4.63. The van der Waals surface area contributed by atoms with Crippen LogP contribution in [0.15, 0.2) is 41.4 Å². The van der Waals surface area contributed by atoms with Crippen molar-refractivity contribution in [3.63, 3.8) is 0 Å². The first kappa shape index (κ1) is 16.5. The van der Waals surface area contributed by atoms with Crippen LogP contribution >= 0.6 is 0 Å². The molecule has 0 aliphatic heterocycles. The molecule has 1 aromatic heterocycles. The molecule has 0 radical (unpaired) electrons. The number of benzene rings is 1. The van der Waals surface area contributed by atoms with Crippen LogP contribution in [0.5, 0.6) is 5.88 Å². The Labute approximate surface area is 144 Å². The molecular weight excluding hydrogens is 298 g/mol. The minimum Gasteiger partial charge on any atom is -0.474 e. The molecule has 4 nitrogen and oxygen atoms in total. The van der Waals surface area contributed by atoms with Gasteiger partial charge in [0.15, 0.2) is 0 Å². The fraction of sp³-hybridized carbons (Fsp3) is 0.400. The van der Waals surface area contributed by atoms with Crippen LogP contribution in [-0.4, -0.2) is 35.9 Å². The quantitative estimate of drug-likeness (QED) is 0.618. The van der Waals surface area contributed by atoms with Crippen LogP contribution in [0.2, 0.25) is 0 Å². The monoisotopic (exact) mass is 323 g/mol. The molecule has 1 aliphatic rings. The van der Waals surface area contributed by atoms with E-state index in [-0.39, 0.29) is 6.10 Å². The molecule has 1 aliphatic carbocycles. The van der Waals surface area contributed by atoms with Crippen molar-refractivity contribution in [2.45, 2.75) is 39.2 Å². The molecule has 0 saturated heterocycles. The van der Waals surface area contributed by atoms with Crippen LogP contribution in [0.3, 0.4) is 0 Å². The van der Waals surface area contributed by atoms with Gasteiger partial charge in [0.05, 0.1) is 17.7 Å². The van der Waals surface area contributed by atoms with E-state index in [0.29, 0.717) is 5.88 Å². The fourth-order valence-electron chi connectivity index (χ4n) is 2.91. The molecule has 0 fully saturated rings. The first-order valence-electron chi connectivity index (χ1n) is 8.61. The van der Waals surface area contributed by atoms with Gasteiger partial charge in [-0.1, -0.05) is 24.3 Å². The highest BCUT2D eigenvalue weighted by Gasteiger charge is 2.20. The van der Waals surface area contributed by atoms with Crippen molar-refractivity contribution >= 4 is 12.0 Å². The number of ether oxygens (including phenoxy) is 1. The Morgan fingerprint density at radius 3 is 2.79 bits per heavy atom. The van der Waals surface area contributed by atoms with Crippen LogP contribution in [-0.2, 0) is 12.8 Å². The van der Waals surface area contributed by atoms with Crippen LogP contribution in [0.4, 0.5) is 5.69 Å². The second-order valence-electron chi connectivity index (χ2n) is 6.32. The molecule has 1 atom stereocenters. The predicted molar refractivity (Wildman–Crippen MR) is 98.3 cm³/mol. The normalized spacial score (nSPS) is 16.9. The summed E-state index contributed by atoms with van der Waals surface area (Å²) in [5.74, 6) is 0.694. The van der Waals surface area contributed by atoms with Crippen LogP contribution in [0, 0.1) is 6.92 Å². The Morgan fingerprint density at radius 1 is 1.25 bits per heavy atom. The zero-order chi connectivity index (χ0) is 16.9. The number of hydrogen-bond acceptors (Lipinski definition) is 3. The van der Waals surface area contributed by atoms with Gasteiger partial charge in [0, 0.05) is 26.1 Å². The van der Waals surface area contributed by atoms with E-state index in [9.17, 15) is 0 Å². The summed E-state index contributed by atoms with van der Waals surface area (Å²) in [6.45, 7) is 5.00. The molecule has 3 rings (SSSR count). The number of nitrogens with zero attached hydrogens (tertiary/aromatic N) is 3. The maximum Gasteiger partial charge on any atom is 0.213 e. The number of pyridine rings is 1. The Bertz CT molecular complexity index is 727. The summed E-state index contributed by atoms with van der Waals surface area (Å²) in [4.78, 5) is 11.1. The number of fused-ring (bicyclic) bond motifs is 1.